The quantitative estimate of drug-likeness (QED) is 0.279. The molecule has 4 aliphatic carbocycles. The summed E-state index contributed by atoms with van der Waals surface area (Å²) in [6, 6.07) is 0.331. The van der Waals surface area contributed by atoms with E-state index in [0.29, 0.717) is 28.6 Å². The maximum absolute atomic E-state index is 13.9. The molecule has 0 radical (unpaired) electrons. The first-order valence-electron chi connectivity index (χ1n) is 13.8. The molecule has 0 heterocycles. The van der Waals surface area contributed by atoms with Crippen molar-refractivity contribution in [3.8, 4) is 5.75 Å². The molecule has 11 heteroatoms. The number of hydrogen-bond acceptors (Lipinski definition) is 9. The number of aliphatic hydroxyl groups is 3. The topological polar surface area (TPSA) is 173 Å². The lowest BCUT2D eigenvalue weighted by molar-refractivity contribution is -0.153. The molecular weight excluding hydrogens is 538 g/mol. The Labute approximate surface area is 237 Å². The molecule has 4 atom stereocenters. The van der Waals surface area contributed by atoms with Crippen molar-refractivity contribution >= 4 is 34.8 Å². The van der Waals surface area contributed by atoms with E-state index in [9.17, 15) is 34.8 Å². The van der Waals surface area contributed by atoms with Crippen LogP contribution in [-0.4, -0.2) is 75.1 Å². The van der Waals surface area contributed by atoms with Gasteiger partial charge in [-0.1, -0.05) is 30.9 Å². The highest BCUT2D eigenvalue weighted by Crippen LogP contribution is 2.53. The number of nitrogens with two attached hydrogens (primary N) is 1. The second kappa shape index (κ2) is 10.5. The third kappa shape index (κ3) is 4.32. The number of likely N-dealkylation sites (N-methyl/N-ethyl adjacent to an activating group) is 1. The summed E-state index contributed by atoms with van der Waals surface area (Å²) in [5.74, 6) is -6.19. The smallest absolute Gasteiger partial charge is 0.255 e. The number of benzene rings is 1. The lowest BCUT2D eigenvalue weighted by Crippen LogP contribution is -2.65. The minimum atomic E-state index is -2.66. The maximum atomic E-state index is 13.9. The third-order valence-corrected chi connectivity index (χ3v) is 9.67. The van der Waals surface area contributed by atoms with Crippen LogP contribution in [0.4, 0.5) is 0 Å². The van der Waals surface area contributed by atoms with Crippen LogP contribution in [0, 0.1) is 17.8 Å². The average molecular weight is 574 g/mol. The molecular formula is C29H36ClN3O7. The standard InChI is InChI=1S/C29H36ClN3O7/c1-33(2)23-17-9-14-8-16-20(18(34)10-15(22(16)30)12-32-11-13-6-4-3-5-7-13)24(35)19(14)26(37)29(17,40)27(38)21(25(23)36)28(31)39/h10,13-14,17,23,32,34-35,38,40H,3-9,11-12H2,1-2H3,(H2,31,39)/t14-,17-,23-,29-/m0/s1. The van der Waals surface area contributed by atoms with Crippen LogP contribution < -0.4 is 11.1 Å². The molecule has 0 spiro atoms. The van der Waals surface area contributed by atoms with E-state index in [2.05, 4.69) is 5.32 Å². The van der Waals surface area contributed by atoms with E-state index in [1.165, 1.54) is 43.1 Å². The molecule has 0 bridgehead atoms. The molecule has 1 amide bonds. The number of Topliss-reactive ketones (excluding diaryl/α,β-unsaturated/α-hetero) is 2. The summed E-state index contributed by atoms with van der Waals surface area (Å²) < 4.78 is 0. The number of hydrogen-bond donors (Lipinski definition) is 6. The summed E-state index contributed by atoms with van der Waals surface area (Å²) in [6.07, 6.45) is 6.28. The molecule has 7 N–H and O–H groups in total. The molecule has 5 rings (SSSR count). The van der Waals surface area contributed by atoms with E-state index >= 15 is 0 Å². The van der Waals surface area contributed by atoms with E-state index in [1.54, 1.807) is 14.1 Å². The number of nitrogens with one attached hydrogen (secondary N) is 1. The van der Waals surface area contributed by atoms with Gasteiger partial charge in [0.1, 0.15) is 22.8 Å². The molecule has 216 valence electrons. The third-order valence-electron chi connectivity index (χ3n) is 9.20. The molecule has 10 nitrogen and oxygen atoms in total. The van der Waals surface area contributed by atoms with Crippen LogP contribution in [0.15, 0.2) is 23.0 Å². The summed E-state index contributed by atoms with van der Waals surface area (Å²) in [5.41, 5.74) is 2.80. The first kappa shape index (κ1) is 28.6. The van der Waals surface area contributed by atoms with Gasteiger partial charge in [-0.25, -0.2) is 0 Å². The number of rotatable bonds is 6. The number of ketones is 2. The second-order valence-corrected chi connectivity index (χ2v) is 12.2. The van der Waals surface area contributed by atoms with E-state index < -0.39 is 58.0 Å². The average Bonchev–Trinajstić information content (AvgIpc) is 2.89. The first-order valence-corrected chi connectivity index (χ1v) is 14.2. The van der Waals surface area contributed by atoms with Gasteiger partial charge in [-0.15, -0.1) is 0 Å². The second-order valence-electron chi connectivity index (χ2n) is 11.8. The lowest BCUT2D eigenvalue weighted by Gasteiger charge is -2.50. The van der Waals surface area contributed by atoms with E-state index in [0.717, 1.165) is 6.54 Å². The Hall–Kier alpha value is -2.92. The van der Waals surface area contributed by atoms with Crippen molar-refractivity contribution < 1.29 is 34.8 Å². The zero-order valence-corrected chi connectivity index (χ0v) is 23.4. The zero-order valence-electron chi connectivity index (χ0n) is 22.7. The van der Waals surface area contributed by atoms with E-state index in [4.69, 9.17) is 17.3 Å². The number of phenolic OH excluding ortho intramolecular Hbond substituents is 1. The van der Waals surface area contributed by atoms with Crippen molar-refractivity contribution in [2.24, 2.45) is 23.5 Å². The Bertz CT molecular complexity index is 1350. The Kier molecular flexibility index (Phi) is 7.50. The van der Waals surface area contributed by atoms with Crippen LogP contribution in [-0.2, 0) is 27.3 Å². The Morgan fingerprint density at radius 3 is 2.48 bits per heavy atom. The summed E-state index contributed by atoms with van der Waals surface area (Å²) >= 11 is 6.82. The number of phenols is 1. The normalized spacial score (nSPS) is 29.0. The first-order chi connectivity index (χ1) is 18.9. The van der Waals surface area contributed by atoms with Gasteiger partial charge in [0.2, 0.25) is 5.78 Å². The van der Waals surface area contributed by atoms with Gasteiger partial charge >= 0.3 is 0 Å². The highest BCUT2D eigenvalue weighted by Gasteiger charge is 2.64. The number of halogens is 1. The van der Waals surface area contributed by atoms with Gasteiger partial charge in [-0.3, -0.25) is 19.3 Å². The van der Waals surface area contributed by atoms with E-state index in [-0.39, 0.29) is 29.7 Å². The van der Waals surface area contributed by atoms with Crippen LogP contribution in [0.5, 0.6) is 5.75 Å². The number of aliphatic hydroxyl groups excluding tert-OH is 2. The number of amides is 1. The van der Waals surface area contributed by atoms with Crippen molar-refractivity contribution in [1.29, 1.82) is 0 Å². The molecule has 0 saturated heterocycles. The van der Waals surface area contributed by atoms with Gasteiger partial charge in [0, 0.05) is 23.1 Å². The lowest BCUT2D eigenvalue weighted by atomic mass is 9.57. The zero-order chi connectivity index (χ0) is 29.1. The molecule has 2 saturated carbocycles. The number of carbonyl (C=O) groups excluding carboxylic acids is 3. The Morgan fingerprint density at radius 2 is 1.85 bits per heavy atom. The summed E-state index contributed by atoms with van der Waals surface area (Å²) in [7, 11) is 3.13. The molecule has 0 aromatic heterocycles. The number of carbonyl (C=O) groups is 3. The molecule has 40 heavy (non-hydrogen) atoms. The molecule has 2 fully saturated rings. The summed E-state index contributed by atoms with van der Waals surface area (Å²) in [5, 5.41) is 48.6. The van der Waals surface area contributed by atoms with Crippen molar-refractivity contribution in [3.63, 3.8) is 0 Å². The SMILES string of the molecule is CN(C)[C@@H]1C(=O)C(C(N)=O)=C(O)[C@@]2(O)C(=O)C3=C(O)c4c(O)cc(CNCC5CCCCC5)c(Cl)c4C[C@H]3C[C@@H]12. The van der Waals surface area contributed by atoms with Gasteiger partial charge in [0.25, 0.3) is 5.91 Å². The van der Waals surface area contributed by atoms with Gasteiger partial charge in [-0.05, 0) is 75.4 Å². The van der Waals surface area contributed by atoms with Gasteiger partial charge in [-0.2, -0.15) is 0 Å². The highest BCUT2D eigenvalue weighted by molar-refractivity contribution is 6.32. The fourth-order valence-corrected chi connectivity index (χ4v) is 7.57. The predicted molar refractivity (Wildman–Crippen MR) is 148 cm³/mol. The fourth-order valence-electron chi connectivity index (χ4n) is 7.28. The van der Waals surface area contributed by atoms with Crippen molar-refractivity contribution in [2.45, 2.75) is 63.1 Å². The van der Waals surface area contributed by atoms with Crippen LogP contribution in [0.1, 0.15) is 55.2 Å². The van der Waals surface area contributed by atoms with Crippen molar-refractivity contribution in [2.75, 3.05) is 20.6 Å². The predicted octanol–water partition coefficient (Wildman–Crippen LogP) is 2.29. The van der Waals surface area contributed by atoms with Gasteiger partial charge < -0.3 is 31.5 Å². The number of aromatic hydroxyl groups is 1. The van der Waals surface area contributed by atoms with Crippen LogP contribution in [0.25, 0.3) is 5.76 Å². The summed E-state index contributed by atoms with van der Waals surface area (Å²) in [6.45, 7) is 1.26. The van der Waals surface area contributed by atoms with Crippen molar-refractivity contribution in [1.82, 2.24) is 10.2 Å². The Balaban J connectivity index is 1.54. The van der Waals surface area contributed by atoms with E-state index in [1.807, 2.05) is 0 Å². The molecule has 0 unspecified atom stereocenters. The number of primary amides is 1. The molecule has 1 aromatic rings. The van der Waals surface area contributed by atoms with Crippen LogP contribution >= 0.6 is 11.6 Å². The van der Waals surface area contributed by atoms with Gasteiger partial charge in [0.05, 0.1) is 11.6 Å². The van der Waals surface area contributed by atoms with Gasteiger partial charge in [0.15, 0.2) is 11.4 Å². The largest absolute Gasteiger partial charge is 0.508 e. The highest BCUT2D eigenvalue weighted by atomic mass is 35.5. The van der Waals surface area contributed by atoms with Crippen LogP contribution in [0.2, 0.25) is 5.02 Å². The summed E-state index contributed by atoms with van der Waals surface area (Å²) in [4.78, 5) is 40.6. The molecule has 1 aromatic carbocycles. The minimum Gasteiger partial charge on any atom is -0.508 e. The number of nitrogens with zero attached hydrogens (tertiary/aromatic N) is 1. The molecule has 4 aliphatic rings. The molecule has 0 aliphatic heterocycles. The van der Waals surface area contributed by atoms with Crippen molar-refractivity contribution in [3.05, 3.63) is 44.7 Å². The minimum absolute atomic E-state index is 0.00248. The number of fused-ring (bicyclic) bond motifs is 3. The monoisotopic (exact) mass is 573 g/mol. The van der Waals surface area contributed by atoms with Crippen LogP contribution in [0.3, 0.4) is 0 Å². The fraction of sp³-hybridized carbons (Fsp3) is 0.552. The Morgan fingerprint density at radius 1 is 1.18 bits per heavy atom. The maximum Gasteiger partial charge on any atom is 0.255 e.